The second-order valence-corrected chi connectivity index (χ2v) is 6.58. The van der Waals surface area contributed by atoms with E-state index in [0.717, 1.165) is 15.5 Å². The molecule has 2 nitrogen and oxygen atoms in total. The molecular weight excluding hydrogens is 380 g/mol. The number of benzene rings is 2. The van der Waals surface area contributed by atoms with Crippen LogP contribution in [0, 0.1) is 0 Å². The second kappa shape index (κ2) is 7.36. The highest BCUT2D eigenvalue weighted by Gasteiger charge is 2.16. The zero-order chi connectivity index (χ0) is 14.5. The van der Waals surface area contributed by atoms with Crippen molar-refractivity contribution in [3.63, 3.8) is 0 Å². The molecule has 2 N–H and O–H groups in total. The Bertz CT molecular complexity index is 555. The van der Waals surface area contributed by atoms with Crippen LogP contribution in [0.5, 0.6) is 0 Å². The molecule has 2 rings (SSSR count). The van der Waals surface area contributed by atoms with Gasteiger partial charge >= 0.3 is 0 Å². The lowest BCUT2D eigenvalue weighted by Gasteiger charge is -2.28. The predicted molar refractivity (Wildman–Crippen MR) is 91.5 cm³/mol. The number of halogens is 2. The van der Waals surface area contributed by atoms with Crippen LogP contribution in [0.15, 0.2) is 57.5 Å². The third-order valence-electron chi connectivity index (χ3n) is 3.39. The molecule has 0 heterocycles. The number of nitrogens with zero attached hydrogens (tertiary/aromatic N) is 1. The summed E-state index contributed by atoms with van der Waals surface area (Å²) >= 11 is 7.06. The Balaban J connectivity index is 2.15. The summed E-state index contributed by atoms with van der Waals surface area (Å²) in [6, 6.07) is 16.9. The molecule has 0 aliphatic carbocycles. The molecule has 0 spiro atoms. The van der Waals surface area contributed by atoms with Gasteiger partial charge in [-0.2, -0.15) is 0 Å². The first-order valence-electron chi connectivity index (χ1n) is 6.51. The van der Waals surface area contributed by atoms with Gasteiger partial charge in [-0.25, -0.2) is 0 Å². The van der Waals surface area contributed by atoms with Crippen LogP contribution in [0.1, 0.15) is 17.2 Å². The van der Waals surface area contributed by atoms with Gasteiger partial charge in [0.25, 0.3) is 0 Å². The molecule has 0 saturated heterocycles. The normalized spacial score (nSPS) is 12.7. The maximum Gasteiger partial charge on any atom is 0.0470 e. The largest absolute Gasteiger partial charge is 0.329 e. The van der Waals surface area contributed by atoms with Crippen molar-refractivity contribution in [2.24, 2.45) is 5.73 Å². The van der Waals surface area contributed by atoms with Crippen molar-refractivity contribution >= 4 is 31.9 Å². The van der Waals surface area contributed by atoms with Gasteiger partial charge in [0.2, 0.25) is 0 Å². The molecule has 0 radical (unpaired) electrons. The van der Waals surface area contributed by atoms with Gasteiger partial charge in [0.15, 0.2) is 0 Å². The van der Waals surface area contributed by atoms with E-state index in [-0.39, 0.29) is 6.04 Å². The van der Waals surface area contributed by atoms with Crippen molar-refractivity contribution in [3.05, 3.63) is 68.6 Å². The Kier molecular flexibility index (Phi) is 5.78. The Hall–Kier alpha value is -0.680. The molecule has 0 saturated carbocycles. The topological polar surface area (TPSA) is 29.3 Å². The molecule has 0 amide bonds. The lowest BCUT2D eigenvalue weighted by atomic mass is 10.1. The monoisotopic (exact) mass is 396 g/mol. The van der Waals surface area contributed by atoms with E-state index < -0.39 is 0 Å². The lowest BCUT2D eigenvalue weighted by molar-refractivity contribution is 0.241. The highest BCUT2D eigenvalue weighted by Crippen LogP contribution is 2.24. The highest BCUT2D eigenvalue weighted by atomic mass is 79.9. The molecule has 4 heteroatoms. The van der Waals surface area contributed by atoms with Crippen LogP contribution >= 0.6 is 31.9 Å². The summed E-state index contributed by atoms with van der Waals surface area (Å²) in [6.07, 6.45) is 0. The Morgan fingerprint density at radius 3 is 2.30 bits per heavy atom. The van der Waals surface area contributed by atoms with Crippen LogP contribution in [-0.4, -0.2) is 18.5 Å². The first-order valence-corrected chi connectivity index (χ1v) is 8.09. The van der Waals surface area contributed by atoms with Crippen LogP contribution in [0.4, 0.5) is 0 Å². The molecular formula is C16H18Br2N2. The van der Waals surface area contributed by atoms with Gasteiger partial charge in [0.1, 0.15) is 0 Å². The van der Waals surface area contributed by atoms with Gasteiger partial charge < -0.3 is 5.73 Å². The maximum atomic E-state index is 5.97. The average molecular weight is 398 g/mol. The van der Waals surface area contributed by atoms with E-state index in [4.69, 9.17) is 5.73 Å². The summed E-state index contributed by atoms with van der Waals surface area (Å²) in [5.41, 5.74) is 8.48. The molecule has 106 valence electrons. The summed E-state index contributed by atoms with van der Waals surface area (Å²) in [7, 11) is 2.11. The van der Waals surface area contributed by atoms with Gasteiger partial charge in [0.05, 0.1) is 0 Å². The van der Waals surface area contributed by atoms with E-state index in [1.807, 2.05) is 6.07 Å². The summed E-state index contributed by atoms with van der Waals surface area (Å²) in [5, 5.41) is 0. The quantitative estimate of drug-likeness (QED) is 0.812. The number of nitrogens with two attached hydrogens (primary N) is 1. The zero-order valence-electron chi connectivity index (χ0n) is 11.4. The summed E-state index contributed by atoms with van der Waals surface area (Å²) < 4.78 is 2.23. The van der Waals surface area contributed by atoms with E-state index in [2.05, 4.69) is 86.3 Å². The minimum atomic E-state index is 0.218. The van der Waals surface area contributed by atoms with Crippen molar-refractivity contribution in [1.29, 1.82) is 0 Å². The van der Waals surface area contributed by atoms with Crippen molar-refractivity contribution in [1.82, 2.24) is 4.90 Å². The molecule has 0 aromatic heterocycles. The van der Waals surface area contributed by atoms with Crippen LogP contribution in [0.2, 0.25) is 0 Å². The van der Waals surface area contributed by atoms with E-state index >= 15 is 0 Å². The van der Waals surface area contributed by atoms with E-state index in [0.29, 0.717) is 6.54 Å². The fraction of sp³-hybridized carbons (Fsp3) is 0.250. The van der Waals surface area contributed by atoms with E-state index in [9.17, 15) is 0 Å². The van der Waals surface area contributed by atoms with Gasteiger partial charge in [-0.3, -0.25) is 4.90 Å². The van der Waals surface area contributed by atoms with Gasteiger partial charge in [-0.1, -0.05) is 62.2 Å². The summed E-state index contributed by atoms with van der Waals surface area (Å²) in [6.45, 7) is 1.46. The van der Waals surface area contributed by atoms with Crippen molar-refractivity contribution < 1.29 is 0 Å². The third kappa shape index (κ3) is 3.92. The van der Waals surface area contributed by atoms with Gasteiger partial charge in [-0.15, -0.1) is 0 Å². The Labute approximate surface area is 137 Å². The standard InChI is InChI=1S/C16H18Br2N2/c1-20(11-13-4-2-3-5-15(13)18)16(10-19)12-6-8-14(17)9-7-12/h2-9,16H,10-11,19H2,1H3. The van der Waals surface area contributed by atoms with E-state index in [1.54, 1.807) is 0 Å². The first kappa shape index (κ1) is 15.7. The summed E-state index contributed by atoms with van der Waals surface area (Å²) in [4.78, 5) is 2.28. The Morgan fingerprint density at radius 2 is 1.70 bits per heavy atom. The molecule has 2 aromatic rings. The third-order valence-corrected chi connectivity index (χ3v) is 4.69. The van der Waals surface area contributed by atoms with Crippen LogP contribution in [-0.2, 0) is 6.54 Å². The van der Waals surface area contributed by atoms with Gasteiger partial charge in [-0.05, 0) is 36.4 Å². The molecule has 0 aliphatic rings. The molecule has 0 fully saturated rings. The fourth-order valence-corrected chi connectivity index (χ4v) is 2.94. The van der Waals surface area contributed by atoms with Crippen molar-refractivity contribution in [2.75, 3.05) is 13.6 Å². The lowest BCUT2D eigenvalue weighted by Crippen LogP contribution is -2.30. The first-order chi connectivity index (χ1) is 9.61. The smallest absolute Gasteiger partial charge is 0.0470 e. The number of hydrogen-bond donors (Lipinski definition) is 1. The highest BCUT2D eigenvalue weighted by molar-refractivity contribution is 9.10. The number of hydrogen-bond acceptors (Lipinski definition) is 2. The minimum absolute atomic E-state index is 0.218. The molecule has 2 aromatic carbocycles. The molecule has 0 bridgehead atoms. The number of rotatable bonds is 5. The van der Waals surface area contributed by atoms with Crippen molar-refractivity contribution in [2.45, 2.75) is 12.6 Å². The van der Waals surface area contributed by atoms with Gasteiger partial charge in [0, 0.05) is 28.1 Å². The molecule has 0 aliphatic heterocycles. The molecule has 1 atom stereocenters. The fourth-order valence-electron chi connectivity index (χ4n) is 2.26. The Morgan fingerprint density at radius 1 is 1.05 bits per heavy atom. The number of likely N-dealkylation sites (N-methyl/N-ethyl adjacent to an activating group) is 1. The minimum Gasteiger partial charge on any atom is -0.329 e. The van der Waals surface area contributed by atoms with Crippen LogP contribution < -0.4 is 5.73 Å². The average Bonchev–Trinajstić information content (AvgIpc) is 2.44. The zero-order valence-corrected chi connectivity index (χ0v) is 14.6. The predicted octanol–water partition coefficient (Wildman–Crippen LogP) is 4.34. The summed E-state index contributed by atoms with van der Waals surface area (Å²) in [5.74, 6) is 0. The molecule has 20 heavy (non-hydrogen) atoms. The van der Waals surface area contributed by atoms with Crippen LogP contribution in [0.3, 0.4) is 0 Å². The van der Waals surface area contributed by atoms with Crippen LogP contribution in [0.25, 0.3) is 0 Å². The maximum absolute atomic E-state index is 5.97. The van der Waals surface area contributed by atoms with E-state index in [1.165, 1.54) is 11.1 Å². The molecule has 1 unspecified atom stereocenters. The van der Waals surface area contributed by atoms with Crippen molar-refractivity contribution in [3.8, 4) is 0 Å². The second-order valence-electron chi connectivity index (χ2n) is 4.81. The SMILES string of the molecule is CN(Cc1ccccc1Br)C(CN)c1ccc(Br)cc1.